The number of rotatable bonds is 4. The highest BCUT2D eigenvalue weighted by Crippen LogP contribution is 2.28. The minimum absolute atomic E-state index is 0.0691. The maximum absolute atomic E-state index is 12.0. The zero-order chi connectivity index (χ0) is 16.4. The van der Waals surface area contributed by atoms with Crippen LogP contribution in [-0.4, -0.2) is 7.11 Å². The molecule has 118 valence electrons. The van der Waals surface area contributed by atoms with Gasteiger partial charge in [0.25, 0.3) is 0 Å². The summed E-state index contributed by atoms with van der Waals surface area (Å²) in [5, 5.41) is 0.513. The Hall–Kier alpha value is -2.46. The number of benzene rings is 2. The van der Waals surface area contributed by atoms with Gasteiger partial charge < -0.3 is 13.9 Å². The maximum atomic E-state index is 12.0. The first-order chi connectivity index (χ1) is 11.1. The molecule has 0 bridgehead atoms. The molecule has 1 heterocycles. The van der Waals surface area contributed by atoms with E-state index in [-0.39, 0.29) is 10.5 Å². The molecule has 23 heavy (non-hydrogen) atoms. The zero-order valence-corrected chi connectivity index (χ0v) is 13.5. The minimum Gasteiger partial charge on any atom is -0.496 e. The largest absolute Gasteiger partial charge is 0.496 e. The third-order valence-corrected chi connectivity index (χ3v) is 3.93. The highest BCUT2D eigenvalue weighted by atomic mass is 35.5. The molecule has 0 saturated carbocycles. The smallest absolute Gasteiger partial charge is 0.211 e. The number of hydrogen-bond acceptors (Lipinski definition) is 4. The van der Waals surface area contributed by atoms with Gasteiger partial charge in [0.2, 0.25) is 5.43 Å². The van der Waals surface area contributed by atoms with Crippen molar-refractivity contribution in [2.75, 3.05) is 7.11 Å². The second-order valence-electron chi connectivity index (χ2n) is 5.08. The van der Waals surface area contributed by atoms with E-state index in [1.807, 2.05) is 31.2 Å². The van der Waals surface area contributed by atoms with Gasteiger partial charge in [0.15, 0.2) is 0 Å². The van der Waals surface area contributed by atoms with E-state index in [9.17, 15) is 4.79 Å². The SMILES string of the molecule is COc1ccccc1COc1ccc2c(=O)c(Cl)coc2c1C. The Bertz CT molecular complexity index is 915. The van der Waals surface area contributed by atoms with Crippen LogP contribution in [0.25, 0.3) is 11.0 Å². The quantitative estimate of drug-likeness (QED) is 0.714. The van der Waals surface area contributed by atoms with Crippen LogP contribution in [-0.2, 0) is 6.61 Å². The Morgan fingerprint density at radius 2 is 1.91 bits per heavy atom. The van der Waals surface area contributed by atoms with Crippen molar-refractivity contribution in [2.24, 2.45) is 0 Å². The summed E-state index contributed by atoms with van der Waals surface area (Å²) in [7, 11) is 1.62. The molecule has 2 aromatic carbocycles. The van der Waals surface area contributed by atoms with Crippen molar-refractivity contribution in [2.45, 2.75) is 13.5 Å². The fourth-order valence-electron chi connectivity index (χ4n) is 2.43. The van der Waals surface area contributed by atoms with Gasteiger partial charge in [0.05, 0.1) is 12.5 Å². The lowest BCUT2D eigenvalue weighted by atomic mass is 10.1. The van der Waals surface area contributed by atoms with Crippen LogP contribution in [0.15, 0.2) is 51.9 Å². The van der Waals surface area contributed by atoms with E-state index in [0.29, 0.717) is 23.3 Å². The predicted molar refractivity (Wildman–Crippen MR) is 89.6 cm³/mol. The summed E-state index contributed by atoms with van der Waals surface area (Å²) < 4.78 is 16.6. The molecule has 4 nitrogen and oxygen atoms in total. The van der Waals surface area contributed by atoms with E-state index >= 15 is 0 Å². The third kappa shape index (κ3) is 2.90. The Morgan fingerprint density at radius 3 is 2.70 bits per heavy atom. The summed E-state index contributed by atoms with van der Waals surface area (Å²) in [6.45, 7) is 2.20. The molecule has 0 spiro atoms. The van der Waals surface area contributed by atoms with Gasteiger partial charge in [0.1, 0.15) is 35.0 Å². The van der Waals surface area contributed by atoms with Gasteiger partial charge in [-0.05, 0) is 25.1 Å². The van der Waals surface area contributed by atoms with Gasteiger partial charge in [-0.25, -0.2) is 0 Å². The molecule has 0 unspecified atom stereocenters. The van der Waals surface area contributed by atoms with Crippen LogP contribution in [0, 0.1) is 6.92 Å². The maximum Gasteiger partial charge on any atom is 0.211 e. The van der Waals surface area contributed by atoms with Gasteiger partial charge in [-0.3, -0.25) is 4.79 Å². The van der Waals surface area contributed by atoms with Crippen molar-refractivity contribution >= 4 is 22.6 Å². The Kier molecular flexibility index (Phi) is 4.26. The van der Waals surface area contributed by atoms with E-state index in [1.165, 1.54) is 6.26 Å². The van der Waals surface area contributed by atoms with Crippen molar-refractivity contribution in [1.29, 1.82) is 0 Å². The normalized spacial score (nSPS) is 10.7. The molecule has 0 aliphatic carbocycles. The molecule has 3 rings (SSSR count). The van der Waals surface area contributed by atoms with E-state index < -0.39 is 0 Å². The third-order valence-electron chi connectivity index (χ3n) is 3.67. The average molecular weight is 331 g/mol. The summed E-state index contributed by atoms with van der Waals surface area (Å²) in [5.41, 5.74) is 1.93. The van der Waals surface area contributed by atoms with Gasteiger partial charge in [-0.15, -0.1) is 0 Å². The van der Waals surface area contributed by atoms with Gasteiger partial charge in [-0.1, -0.05) is 29.8 Å². The summed E-state index contributed by atoms with van der Waals surface area (Å²) in [6, 6.07) is 11.1. The lowest BCUT2D eigenvalue weighted by molar-refractivity contribution is 0.295. The Morgan fingerprint density at radius 1 is 1.13 bits per heavy atom. The topological polar surface area (TPSA) is 48.7 Å². The second-order valence-corrected chi connectivity index (χ2v) is 5.49. The van der Waals surface area contributed by atoms with Crippen LogP contribution in [0.3, 0.4) is 0 Å². The Labute approximate surface area is 138 Å². The number of methoxy groups -OCH3 is 1. The summed E-state index contributed by atoms with van der Waals surface area (Å²) >= 11 is 5.80. The lowest BCUT2D eigenvalue weighted by Crippen LogP contribution is -2.04. The molecular formula is C18H15ClO4. The summed E-state index contributed by atoms with van der Waals surface area (Å²) in [4.78, 5) is 12.0. The minimum atomic E-state index is -0.243. The average Bonchev–Trinajstić information content (AvgIpc) is 2.58. The van der Waals surface area contributed by atoms with Crippen LogP contribution in [0.5, 0.6) is 11.5 Å². The summed E-state index contributed by atoms with van der Waals surface area (Å²) in [5.74, 6) is 1.41. The monoisotopic (exact) mass is 330 g/mol. The van der Waals surface area contributed by atoms with Crippen LogP contribution in [0.1, 0.15) is 11.1 Å². The molecule has 0 radical (unpaired) electrons. The molecule has 0 fully saturated rings. The molecule has 0 atom stereocenters. The molecule has 0 aliphatic rings. The zero-order valence-electron chi connectivity index (χ0n) is 12.8. The van der Waals surface area contributed by atoms with Crippen molar-refractivity contribution in [1.82, 2.24) is 0 Å². The van der Waals surface area contributed by atoms with Crippen LogP contribution in [0.2, 0.25) is 5.02 Å². The van der Waals surface area contributed by atoms with Crippen molar-refractivity contribution in [3.05, 3.63) is 69.0 Å². The van der Waals surface area contributed by atoms with Crippen LogP contribution < -0.4 is 14.9 Å². The number of aryl methyl sites for hydroxylation is 1. The second kappa shape index (κ2) is 6.34. The number of fused-ring (bicyclic) bond motifs is 1. The molecule has 0 saturated heterocycles. The number of hydrogen-bond donors (Lipinski definition) is 0. The molecule has 0 aliphatic heterocycles. The molecule has 5 heteroatoms. The van der Waals surface area contributed by atoms with E-state index in [4.69, 9.17) is 25.5 Å². The van der Waals surface area contributed by atoms with Crippen molar-refractivity contribution in [3.8, 4) is 11.5 Å². The highest BCUT2D eigenvalue weighted by Gasteiger charge is 2.12. The fraction of sp³-hybridized carbons (Fsp3) is 0.167. The first kappa shape index (κ1) is 15.4. The lowest BCUT2D eigenvalue weighted by Gasteiger charge is -2.12. The molecular weight excluding hydrogens is 316 g/mol. The number of para-hydroxylation sites is 1. The first-order valence-corrected chi connectivity index (χ1v) is 7.45. The standard InChI is InChI=1S/C18H15ClO4/c1-11-15(22-9-12-5-3-4-6-16(12)21-2)8-7-13-17(20)14(19)10-23-18(11)13/h3-8,10H,9H2,1-2H3. The number of ether oxygens (including phenoxy) is 2. The van der Waals surface area contributed by atoms with E-state index in [2.05, 4.69) is 0 Å². The van der Waals surface area contributed by atoms with Crippen LogP contribution >= 0.6 is 11.6 Å². The predicted octanol–water partition coefficient (Wildman–Crippen LogP) is 4.34. The van der Waals surface area contributed by atoms with Gasteiger partial charge >= 0.3 is 0 Å². The van der Waals surface area contributed by atoms with Crippen molar-refractivity contribution in [3.63, 3.8) is 0 Å². The molecule has 3 aromatic rings. The van der Waals surface area contributed by atoms with E-state index in [0.717, 1.165) is 16.9 Å². The Balaban J connectivity index is 1.94. The van der Waals surface area contributed by atoms with Crippen LogP contribution in [0.4, 0.5) is 0 Å². The van der Waals surface area contributed by atoms with Gasteiger partial charge in [-0.2, -0.15) is 0 Å². The molecule has 0 N–H and O–H groups in total. The van der Waals surface area contributed by atoms with Crippen molar-refractivity contribution < 1.29 is 13.9 Å². The molecule has 1 aromatic heterocycles. The fourth-order valence-corrected chi connectivity index (χ4v) is 2.58. The first-order valence-electron chi connectivity index (χ1n) is 7.07. The highest BCUT2D eigenvalue weighted by molar-refractivity contribution is 6.30. The molecule has 0 amide bonds. The van der Waals surface area contributed by atoms with E-state index in [1.54, 1.807) is 19.2 Å². The number of halogens is 1. The summed E-state index contributed by atoms with van der Waals surface area (Å²) in [6.07, 6.45) is 1.25. The van der Waals surface area contributed by atoms with Gasteiger partial charge in [0, 0.05) is 11.1 Å².